The van der Waals surface area contributed by atoms with Crippen LogP contribution in [0, 0.1) is 19.8 Å². The summed E-state index contributed by atoms with van der Waals surface area (Å²) < 4.78 is 11.1. The molecule has 1 fully saturated rings. The minimum Gasteiger partial charge on any atom is -0.493 e. The highest BCUT2D eigenvalue weighted by atomic mass is 16.5. The van der Waals surface area contributed by atoms with Gasteiger partial charge in [-0.2, -0.15) is 0 Å². The Balaban J connectivity index is 2.30. The van der Waals surface area contributed by atoms with Crippen LogP contribution in [0.1, 0.15) is 29.5 Å². The monoisotopic (exact) mass is 263 g/mol. The maximum absolute atomic E-state index is 5.60. The summed E-state index contributed by atoms with van der Waals surface area (Å²) in [7, 11) is 3.46. The third kappa shape index (κ3) is 3.03. The van der Waals surface area contributed by atoms with E-state index in [1.54, 1.807) is 14.2 Å². The molecule has 1 heterocycles. The number of rotatable bonds is 4. The number of hydrogen-bond donors (Lipinski definition) is 1. The van der Waals surface area contributed by atoms with Crippen LogP contribution < -0.4 is 14.8 Å². The van der Waals surface area contributed by atoms with Crippen molar-refractivity contribution in [2.24, 2.45) is 5.92 Å². The van der Waals surface area contributed by atoms with Crippen LogP contribution in [0.15, 0.2) is 6.07 Å². The lowest BCUT2D eigenvalue weighted by molar-refractivity contribution is 0.337. The summed E-state index contributed by atoms with van der Waals surface area (Å²) in [6.07, 6.45) is 3.58. The zero-order chi connectivity index (χ0) is 13.8. The predicted molar refractivity (Wildman–Crippen MR) is 78.3 cm³/mol. The minimum atomic E-state index is 0.752. The minimum absolute atomic E-state index is 0.752. The highest BCUT2D eigenvalue weighted by Gasteiger charge is 2.20. The summed E-state index contributed by atoms with van der Waals surface area (Å²) in [6, 6.07) is 2.26. The molecule has 0 saturated carbocycles. The Labute approximate surface area is 116 Å². The maximum Gasteiger partial charge on any atom is 0.164 e. The van der Waals surface area contributed by atoms with E-state index in [9.17, 15) is 0 Å². The van der Waals surface area contributed by atoms with Crippen molar-refractivity contribution in [3.05, 3.63) is 22.8 Å². The molecule has 0 aliphatic carbocycles. The number of aryl methyl sites for hydroxylation is 1. The fraction of sp³-hybridized carbons (Fsp3) is 0.625. The fourth-order valence-corrected chi connectivity index (χ4v) is 2.95. The first-order chi connectivity index (χ1) is 9.17. The molecule has 1 aliphatic heterocycles. The Morgan fingerprint density at radius 2 is 1.74 bits per heavy atom. The van der Waals surface area contributed by atoms with Crippen molar-refractivity contribution < 1.29 is 9.47 Å². The van der Waals surface area contributed by atoms with Crippen molar-refractivity contribution in [2.75, 3.05) is 27.3 Å². The number of benzene rings is 1. The van der Waals surface area contributed by atoms with E-state index in [0.29, 0.717) is 0 Å². The molecule has 0 spiro atoms. The van der Waals surface area contributed by atoms with Crippen LogP contribution in [0.4, 0.5) is 0 Å². The van der Waals surface area contributed by atoms with E-state index in [2.05, 4.69) is 25.2 Å². The molecule has 0 amide bonds. The second kappa shape index (κ2) is 6.29. The van der Waals surface area contributed by atoms with E-state index in [1.807, 2.05) is 0 Å². The van der Waals surface area contributed by atoms with Crippen LogP contribution in [-0.2, 0) is 6.42 Å². The van der Waals surface area contributed by atoms with Crippen LogP contribution in [0.5, 0.6) is 11.5 Å². The van der Waals surface area contributed by atoms with Crippen molar-refractivity contribution in [1.82, 2.24) is 5.32 Å². The fourth-order valence-electron chi connectivity index (χ4n) is 2.95. The van der Waals surface area contributed by atoms with Crippen molar-refractivity contribution in [3.8, 4) is 11.5 Å². The average Bonchev–Trinajstić information content (AvgIpc) is 2.43. The third-order valence-corrected chi connectivity index (χ3v) is 4.20. The van der Waals surface area contributed by atoms with Crippen LogP contribution in [-0.4, -0.2) is 27.3 Å². The zero-order valence-electron chi connectivity index (χ0n) is 12.5. The first-order valence-electron chi connectivity index (χ1n) is 7.09. The number of piperidine rings is 1. The van der Waals surface area contributed by atoms with Crippen LogP contribution in [0.2, 0.25) is 0 Å². The standard InChI is InChI=1S/C16H25NO2/c1-11-9-14(10-13-5-7-17-8-6-13)16(19-4)15(18-3)12(11)2/h9,13,17H,5-8,10H2,1-4H3. The van der Waals surface area contributed by atoms with Gasteiger partial charge in [0.25, 0.3) is 0 Å². The highest BCUT2D eigenvalue weighted by molar-refractivity contribution is 5.55. The summed E-state index contributed by atoms with van der Waals surface area (Å²) in [4.78, 5) is 0. The molecule has 1 aromatic rings. The van der Waals surface area contributed by atoms with Crippen LogP contribution >= 0.6 is 0 Å². The van der Waals surface area contributed by atoms with Gasteiger partial charge in [-0.15, -0.1) is 0 Å². The molecule has 3 heteroatoms. The van der Waals surface area contributed by atoms with Crippen molar-refractivity contribution in [1.29, 1.82) is 0 Å². The average molecular weight is 263 g/mol. The lowest BCUT2D eigenvalue weighted by Crippen LogP contribution is -2.28. The van der Waals surface area contributed by atoms with Gasteiger partial charge in [0.2, 0.25) is 0 Å². The summed E-state index contributed by atoms with van der Waals surface area (Å²) in [6.45, 7) is 6.50. The molecule has 19 heavy (non-hydrogen) atoms. The van der Waals surface area contributed by atoms with E-state index in [1.165, 1.54) is 29.5 Å². The first-order valence-corrected chi connectivity index (χ1v) is 7.09. The quantitative estimate of drug-likeness (QED) is 0.906. The second-order valence-corrected chi connectivity index (χ2v) is 5.44. The molecular weight excluding hydrogens is 238 g/mol. The molecule has 0 unspecified atom stereocenters. The maximum atomic E-state index is 5.60. The van der Waals surface area contributed by atoms with Gasteiger partial charge in [0, 0.05) is 0 Å². The number of nitrogens with one attached hydrogen (secondary N) is 1. The zero-order valence-corrected chi connectivity index (χ0v) is 12.5. The van der Waals surface area contributed by atoms with Gasteiger partial charge in [0.1, 0.15) is 0 Å². The smallest absolute Gasteiger partial charge is 0.164 e. The van der Waals surface area contributed by atoms with Gasteiger partial charge in [0.05, 0.1) is 14.2 Å². The van der Waals surface area contributed by atoms with Gasteiger partial charge in [0.15, 0.2) is 11.5 Å². The van der Waals surface area contributed by atoms with E-state index in [-0.39, 0.29) is 0 Å². The molecule has 2 rings (SSSR count). The Morgan fingerprint density at radius 1 is 1.11 bits per heavy atom. The van der Waals surface area contributed by atoms with Gasteiger partial charge >= 0.3 is 0 Å². The van der Waals surface area contributed by atoms with Crippen LogP contribution in [0.25, 0.3) is 0 Å². The Bertz CT molecular complexity index is 437. The van der Waals surface area contributed by atoms with Crippen molar-refractivity contribution in [3.63, 3.8) is 0 Å². The SMILES string of the molecule is COc1c(CC2CCNCC2)cc(C)c(C)c1OC. The topological polar surface area (TPSA) is 30.5 Å². The summed E-state index contributed by atoms with van der Waals surface area (Å²) >= 11 is 0. The van der Waals surface area contributed by atoms with E-state index < -0.39 is 0 Å². The summed E-state index contributed by atoms with van der Waals surface area (Å²) in [5, 5.41) is 3.42. The lowest BCUT2D eigenvalue weighted by atomic mass is 9.89. The Hall–Kier alpha value is -1.22. The molecule has 0 aromatic heterocycles. The van der Waals surface area contributed by atoms with E-state index >= 15 is 0 Å². The highest BCUT2D eigenvalue weighted by Crippen LogP contribution is 2.38. The lowest BCUT2D eigenvalue weighted by Gasteiger charge is -2.24. The molecule has 3 nitrogen and oxygen atoms in total. The summed E-state index contributed by atoms with van der Waals surface area (Å²) in [5.41, 5.74) is 3.74. The van der Waals surface area contributed by atoms with Gasteiger partial charge in [-0.25, -0.2) is 0 Å². The molecule has 1 aliphatic rings. The van der Waals surface area contributed by atoms with Gasteiger partial charge in [-0.3, -0.25) is 0 Å². The molecule has 106 valence electrons. The first kappa shape index (κ1) is 14.2. The molecule has 0 bridgehead atoms. The van der Waals surface area contributed by atoms with Crippen molar-refractivity contribution >= 4 is 0 Å². The van der Waals surface area contributed by atoms with Gasteiger partial charge in [-0.05, 0) is 68.8 Å². The molecule has 1 saturated heterocycles. The predicted octanol–water partition coefficient (Wildman–Crippen LogP) is 2.86. The number of ether oxygens (including phenoxy) is 2. The second-order valence-electron chi connectivity index (χ2n) is 5.44. The van der Waals surface area contributed by atoms with E-state index in [4.69, 9.17) is 9.47 Å². The summed E-state index contributed by atoms with van der Waals surface area (Å²) in [5.74, 6) is 2.57. The number of hydrogen-bond acceptors (Lipinski definition) is 3. The van der Waals surface area contributed by atoms with Gasteiger partial charge in [-0.1, -0.05) is 6.07 Å². The normalized spacial score (nSPS) is 16.4. The molecular formula is C16H25NO2. The number of methoxy groups -OCH3 is 2. The largest absolute Gasteiger partial charge is 0.493 e. The molecule has 1 aromatic carbocycles. The Morgan fingerprint density at radius 3 is 2.32 bits per heavy atom. The Kier molecular flexibility index (Phi) is 4.70. The molecule has 0 atom stereocenters. The van der Waals surface area contributed by atoms with E-state index in [0.717, 1.165) is 36.9 Å². The van der Waals surface area contributed by atoms with Gasteiger partial charge < -0.3 is 14.8 Å². The van der Waals surface area contributed by atoms with Crippen LogP contribution in [0.3, 0.4) is 0 Å². The molecule has 0 radical (unpaired) electrons. The van der Waals surface area contributed by atoms with Crippen molar-refractivity contribution in [2.45, 2.75) is 33.1 Å². The third-order valence-electron chi connectivity index (χ3n) is 4.20. The molecule has 1 N–H and O–H groups in total.